The third kappa shape index (κ3) is 5.24. The molecule has 1 unspecified atom stereocenters. The predicted molar refractivity (Wildman–Crippen MR) is 132 cm³/mol. The molecule has 29 heavy (non-hydrogen) atoms. The van der Waals surface area contributed by atoms with Crippen LogP contribution in [0, 0.1) is 0 Å². The standard InChI is InChI=1S/C13H24ClSi2.2C6H5.Zr/c1-6-9-13(16(4,5)14)15(2,3)12-10-7-8-11-12;2*1-2-4-6-5-3-1;/h7,10,13H,6,8-9H2,1-5H3;2*1-5H;. The molecule has 1 aliphatic carbocycles. The van der Waals surface area contributed by atoms with E-state index in [2.05, 4.69) is 106 Å². The SMILES string of the molecule is CCCC([Si](C)(C)Cl)[Si](C)(C)C1=[C]([Zr]([c]2ccccc2)[c]2ccccc2)CC=C1. The summed E-state index contributed by atoms with van der Waals surface area (Å²) in [6, 6.07) is 22.7. The molecule has 2 aromatic carbocycles. The minimum absolute atomic E-state index is 0.714. The summed E-state index contributed by atoms with van der Waals surface area (Å²) in [6.45, 7) is 12.3. The van der Waals surface area contributed by atoms with Gasteiger partial charge >= 0.3 is 194 Å². The summed E-state index contributed by atoms with van der Waals surface area (Å²) in [5.41, 5.74) is 0. The van der Waals surface area contributed by atoms with Gasteiger partial charge in [0.15, 0.2) is 0 Å². The first-order chi connectivity index (χ1) is 13.8. The zero-order valence-electron chi connectivity index (χ0n) is 18.5. The summed E-state index contributed by atoms with van der Waals surface area (Å²) >= 11 is 4.95. The number of hydrogen-bond donors (Lipinski definition) is 0. The molecule has 0 nitrogen and oxygen atoms in total. The van der Waals surface area contributed by atoms with E-state index in [9.17, 15) is 0 Å². The van der Waals surface area contributed by atoms with Crippen LogP contribution >= 0.6 is 11.1 Å². The second kappa shape index (κ2) is 9.77. The van der Waals surface area contributed by atoms with Crippen LogP contribution in [0.3, 0.4) is 0 Å². The molecule has 0 amide bonds. The summed E-state index contributed by atoms with van der Waals surface area (Å²) in [7, 11) is -3.42. The average Bonchev–Trinajstić information content (AvgIpc) is 3.17. The van der Waals surface area contributed by atoms with Gasteiger partial charge in [-0.05, 0) is 0 Å². The van der Waals surface area contributed by atoms with Crippen molar-refractivity contribution in [3.05, 3.63) is 81.3 Å². The maximum absolute atomic E-state index is 7.15. The van der Waals surface area contributed by atoms with Gasteiger partial charge < -0.3 is 0 Å². The Balaban J connectivity index is 2.15. The molecule has 0 spiro atoms. The summed E-state index contributed by atoms with van der Waals surface area (Å²) < 4.78 is 4.99. The van der Waals surface area contributed by atoms with Crippen molar-refractivity contribution in [2.75, 3.05) is 0 Å². The molecule has 2 aromatic rings. The second-order valence-electron chi connectivity index (χ2n) is 9.23. The molecule has 0 aromatic heterocycles. The van der Waals surface area contributed by atoms with Crippen LogP contribution < -0.4 is 6.54 Å². The van der Waals surface area contributed by atoms with Crippen molar-refractivity contribution < 1.29 is 21.8 Å². The van der Waals surface area contributed by atoms with Gasteiger partial charge in [0.25, 0.3) is 0 Å². The molecule has 3 rings (SSSR count). The Morgan fingerprint density at radius 1 is 0.897 bits per heavy atom. The van der Waals surface area contributed by atoms with E-state index in [0.29, 0.717) is 5.16 Å². The molecular formula is C25H34ClSi2Zr. The number of benzene rings is 2. The van der Waals surface area contributed by atoms with Crippen LogP contribution in [0.5, 0.6) is 0 Å². The Bertz CT molecular complexity index is 827. The van der Waals surface area contributed by atoms with Crippen molar-refractivity contribution in [1.82, 2.24) is 0 Å². The molecule has 153 valence electrons. The zero-order chi connectivity index (χ0) is 21.1. The molecule has 0 saturated heterocycles. The van der Waals surface area contributed by atoms with E-state index in [1.807, 2.05) is 0 Å². The Morgan fingerprint density at radius 3 is 1.86 bits per heavy atom. The van der Waals surface area contributed by atoms with Crippen LogP contribution in [0.25, 0.3) is 0 Å². The number of halogens is 1. The number of rotatable bonds is 8. The van der Waals surface area contributed by atoms with E-state index < -0.39 is 37.2 Å². The van der Waals surface area contributed by atoms with Crippen LogP contribution in [-0.4, -0.2) is 15.5 Å². The Kier molecular flexibility index (Phi) is 7.81. The third-order valence-electron chi connectivity index (χ3n) is 6.33. The van der Waals surface area contributed by atoms with Crippen LogP contribution in [0.15, 0.2) is 81.3 Å². The third-order valence-corrected chi connectivity index (χ3v) is 25.6. The quantitative estimate of drug-likeness (QED) is 0.265. The second-order valence-corrected chi connectivity index (χ2v) is 27.4. The first-order valence-electron chi connectivity index (χ1n) is 10.8. The van der Waals surface area contributed by atoms with E-state index >= 15 is 0 Å². The van der Waals surface area contributed by atoms with Gasteiger partial charge in [0.05, 0.1) is 0 Å². The Hall–Kier alpha value is -0.473. The molecular weight excluding hydrogens is 483 g/mol. The van der Waals surface area contributed by atoms with Crippen LogP contribution in [0.2, 0.25) is 31.4 Å². The van der Waals surface area contributed by atoms with Crippen molar-refractivity contribution in [3.63, 3.8) is 0 Å². The zero-order valence-corrected chi connectivity index (χ0v) is 23.7. The fraction of sp³-hybridized carbons (Fsp3) is 0.360. The first-order valence-corrected chi connectivity index (χ1v) is 21.7. The molecule has 0 fully saturated rings. The van der Waals surface area contributed by atoms with Crippen LogP contribution in [0.1, 0.15) is 26.2 Å². The molecule has 0 radical (unpaired) electrons. The molecule has 4 heteroatoms. The topological polar surface area (TPSA) is 0 Å². The monoisotopic (exact) mass is 515 g/mol. The van der Waals surface area contributed by atoms with Crippen molar-refractivity contribution in [1.29, 1.82) is 0 Å². The number of hydrogen-bond acceptors (Lipinski definition) is 0. The van der Waals surface area contributed by atoms with Crippen molar-refractivity contribution in [2.24, 2.45) is 0 Å². The van der Waals surface area contributed by atoms with E-state index in [0.717, 1.165) is 6.42 Å². The summed E-state index contributed by atoms with van der Waals surface area (Å²) in [5, 5.41) is 2.45. The van der Waals surface area contributed by atoms with Gasteiger partial charge in [-0.1, -0.05) is 0 Å². The normalized spacial score (nSPS) is 15.7. The van der Waals surface area contributed by atoms with E-state index in [4.69, 9.17) is 11.1 Å². The number of allylic oxidation sites excluding steroid dienone is 4. The fourth-order valence-electron chi connectivity index (χ4n) is 5.11. The van der Waals surface area contributed by atoms with Crippen molar-refractivity contribution in [3.8, 4) is 0 Å². The molecule has 1 atom stereocenters. The minimum atomic E-state index is -2.19. The molecule has 1 aliphatic rings. The first kappa shape index (κ1) is 23.2. The van der Waals surface area contributed by atoms with Gasteiger partial charge in [-0.15, -0.1) is 0 Å². The van der Waals surface area contributed by atoms with Crippen LogP contribution in [-0.2, 0) is 21.8 Å². The Morgan fingerprint density at radius 2 is 1.41 bits per heavy atom. The molecule has 0 N–H and O–H groups in total. The van der Waals surface area contributed by atoms with Gasteiger partial charge in [0.2, 0.25) is 0 Å². The molecule has 0 heterocycles. The van der Waals surface area contributed by atoms with Gasteiger partial charge in [0.1, 0.15) is 0 Å². The molecule has 0 aliphatic heterocycles. The maximum atomic E-state index is 7.15. The van der Waals surface area contributed by atoms with Crippen LogP contribution in [0.4, 0.5) is 0 Å². The van der Waals surface area contributed by atoms with Gasteiger partial charge in [0, 0.05) is 0 Å². The van der Waals surface area contributed by atoms with E-state index in [1.165, 1.54) is 12.8 Å². The summed E-state index contributed by atoms with van der Waals surface area (Å²) in [4.78, 5) is 0. The fourth-order valence-corrected chi connectivity index (χ4v) is 28.9. The average molecular weight is 517 g/mol. The van der Waals surface area contributed by atoms with E-state index in [1.54, 1.807) is 15.0 Å². The predicted octanol–water partition coefficient (Wildman–Crippen LogP) is 6.87. The molecule has 0 bridgehead atoms. The van der Waals surface area contributed by atoms with Gasteiger partial charge in [-0.3, -0.25) is 0 Å². The van der Waals surface area contributed by atoms with Crippen molar-refractivity contribution >= 4 is 33.1 Å². The van der Waals surface area contributed by atoms with Gasteiger partial charge in [-0.2, -0.15) is 0 Å². The summed E-state index contributed by atoms with van der Waals surface area (Å²) in [5.74, 6) is 0. The molecule has 0 saturated carbocycles. The van der Waals surface area contributed by atoms with Gasteiger partial charge in [-0.25, -0.2) is 0 Å². The van der Waals surface area contributed by atoms with E-state index in [-0.39, 0.29) is 0 Å². The Labute approximate surface area is 192 Å². The summed E-state index contributed by atoms with van der Waals surface area (Å²) in [6.07, 6.45) is 8.61. The van der Waals surface area contributed by atoms with Crippen molar-refractivity contribution in [2.45, 2.75) is 57.5 Å².